The van der Waals surface area contributed by atoms with Gasteiger partial charge < -0.3 is 0 Å². The Bertz CT molecular complexity index is 674. The number of nitrogens with one attached hydrogen (secondary N) is 1. The Hall–Kier alpha value is -2.82. The van der Waals surface area contributed by atoms with E-state index in [1.807, 2.05) is 54.6 Å². The highest BCUT2D eigenvalue weighted by Crippen LogP contribution is 2.22. The Kier molecular flexibility index (Phi) is 3.10. The van der Waals surface area contributed by atoms with Gasteiger partial charge in [-0.05, 0) is 24.3 Å². The first-order chi connectivity index (χ1) is 9.42. The Morgan fingerprint density at radius 1 is 0.842 bits per heavy atom. The number of H-pyrrole nitrogens is 1. The van der Waals surface area contributed by atoms with Gasteiger partial charge in [0, 0.05) is 5.56 Å². The molecule has 0 atom stereocenters. The van der Waals surface area contributed by atoms with E-state index in [4.69, 9.17) is 0 Å². The summed E-state index contributed by atoms with van der Waals surface area (Å²) in [6.07, 6.45) is 1.55. The minimum Gasteiger partial charge on any atom is -0.265 e. The van der Waals surface area contributed by atoms with Crippen LogP contribution in [0.5, 0.6) is 0 Å². The van der Waals surface area contributed by atoms with Crippen molar-refractivity contribution in [2.45, 2.75) is 0 Å². The van der Waals surface area contributed by atoms with Crippen LogP contribution in [0.15, 0.2) is 71.2 Å². The molecule has 5 nitrogen and oxygen atoms in total. The molecule has 0 aliphatic rings. The number of hydrogen-bond donors (Lipinski definition) is 1. The fraction of sp³-hybridized carbons (Fsp3) is 0. The van der Waals surface area contributed by atoms with Crippen LogP contribution < -0.4 is 0 Å². The smallest absolute Gasteiger partial charge is 0.180 e. The van der Waals surface area contributed by atoms with Gasteiger partial charge in [0.2, 0.25) is 0 Å². The number of hydrogen-bond acceptors (Lipinski definition) is 4. The molecule has 1 aromatic heterocycles. The third kappa shape index (κ3) is 2.71. The molecule has 1 N–H and O–H groups in total. The molecule has 3 rings (SSSR count). The van der Waals surface area contributed by atoms with Crippen LogP contribution in [0, 0.1) is 0 Å². The summed E-state index contributed by atoms with van der Waals surface area (Å²) in [5.74, 6) is 0.650. The van der Waals surface area contributed by atoms with Gasteiger partial charge in [0.25, 0.3) is 0 Å². The fourth-order valence-corrected chi connectivity index (χ4v) is 1.67. The number of benzene rings is 2. The van der Waals surface area contributed by atoms with Crippen molar-refractivity contribution in [3.8, 4) is 11.4 Å². The van der Waals surface area contributed by atoms with Crippen molar-refractivity contribution in [1.29, 1.82) is 0 Å². The first kappa shape index (κ1) is 11.3. The van der Waals surface area contributed by atoms with Crippen molar-refractivity contribution >= 4 is 11.4 Å². The van der Waals surface area contributed by atoms with Gasteiger partial charge in [0.05, 0.1) is 11.4 Å². The molecule has 0 aliphatic carbocycles. The zero-order valence-electron chi connectivity index (χ0n) is 10.1. The second kappa shape index (κ2) is 5.22. The van der Waals surface area contributed by atoms with Crippen LogP contribution >= 0.6 is 0 Å². The zero-order valence-corrected chi connectivity index (χ0v) is 10.1. The summed E-state index contributed by atoms with van der Waals surface area (Å²) in [7, 11) is 0. The molecule has 1 heterocycles. The van der Waals surface area contributed by atoms with Gasteiger partial charge >= 0.3 is 0 Å². The molecule has 5 heteroatoms. The Balaban J connectivity index is 1.86. The lowest BCUT2D eigenvalue weighted by molar-refractivity contribution is 1.09. The third-order valence-corrected chi connectivity index (χ3v) is 2.56. The number of rotatable bonds is 3. The van der Waals surface area contributed by atoms with Crippen molar-refractivity contribution in [3.05, 3.63) is 60.9 Å². The van der Waals surface area contributed by atoms with Gasteiger partial charge in [0.1, 0.15) is 6.33 Å². The first-order valence-electron chi connectivity index (χ1n) is 5.85. The summed E-state index contributed by atoms with van der Waals surface area (Å²) in [4.78, 5) is 4.11. The molecule has 0 unspecified atom stereocenters. The van der Waals surface area contributed by atoms with Crippen molar-refractivity contribution in [2.75, 3.05) is 0 Å². The minimum atomic E-state index is 0.650. The highest BCUT2D eigenvalue weighted by atomic mass is 15.2. The molecule has 0 spiro atoms. The van der Waals surface area contributed by atoms with E-state index in [9.17, 15) is 0 Å². The minimum absolute atomic E-state index is 0.650. The molecule has 0 aliphatic heterocycles. The topological polar surface area (TPSA) is 66.3 Å². The Morgan fingerprint density at radius 3 is 2.42 bits per heavy atom. The van der Waals surface area contributed by atoms with Gasteiger partial charge in [-0.15, -0.1) is 0 Å². The molecule has 2 aromatic carbocycles. The molecule has 0 fully saturated rings. The molecule has 19 heavy (non-hydrogen) atoms. The van der Waals surface area contributed by atoms with Crippen molar-refractivity contribution in [3.63, 3.8) is 0 Å². The maximum Gasteiger partial charge on any atom is 0.180 e. The van der Waals surface area contributed by atoms with Crippen LogP contribution in [0.4, 0.5) is 11.4 Å². The molecule has 92 valence electrons. The van der Waals surface area contributed by atoms with Gasteiger partial charge in [-0.1, -0.05) is 30.3 Å². The lowest BCUT2D eigenvalue weighted by Gasteiger charge is -1.97. The second-order valence-electron chi connectivity index (χ2n) is 3.91. The summed E-state index contributed by atoms with van der Waals surface area (Å²) in [5.41, 5.74) is 2.50. The lowest BCUT2D eigenvalue weighted by Crippen LogP contribution is -1.79. The van der Waals surface area contributed by atoms with Crippen LogP contribution in [0.2, 0.25) is 0 Å². The molecule has 0 amide bonds. The summed E-state index contributed by atoms with van der Waals surface area (Å²) < 4.78 is 0. The van der Waals surface area contributed by atoms with E-state index in [1.165, 1.54) is 0 Å². The van der Waals surface area contributed by atoms with Crippen LogP contribution in [0.25, 0.3) is 11.4 Å². The third-order valence-electron chi connectivity index (χ3n) is 2.56. The second-order valence-corrected chi connectivity index (χ2v) is 3.91. The molecule has 3 aromatic rings. The summed E-state index contributed by atoms with van der Waals surface area (Å²) in [6.45, 7) is 0. The van der Waals surface area contributed by atoms with Crippen molar-refractivity contribution in [2.24, 2.45) is 10.2 Å². The average molecular weight is 249 g/mol. The van der Waals surface area contributed by atoms with E-state index >= 15 is 0 Å². The quantitative estimate of drug-likeness (QED) is 0.715. The molecular formula is C14H11N5. The molecular weight excluding hydrogens is 238 g/mol. The highest BCUT2D eigenvalue weighted by molar-refractivity contribution is 5.60. The van der Waals surface area contributed by atoms with Crippen molar-refractivity contribution in [1.82, 2.24) is 15.2 Å². The van der Waals surface area contributed by atoms with Gasteiger partial charge in [-0.2, -0.15) is 15.3 Å². The maximum absolute atomic E-state index is 4.21. The normalized spacial score (nSPS) is 10.9. The van der Waals surface area contributed by atoms with Gasteiger partial charge in [-0.25, -0.2) is 4.98 Å². The highest BCUT2D eigenvalue weighted by Gasteiger charge is 2.01. The fourth-order valence-electron chi connectivity index (χ4n) is 1.67. The standard InChI is InChI=1S/C14H11N5/c1-2-6-12(7-3-1)17-18-13-8-4-5-11(9-13)14-15-10-16-19-14/h1-10H,(H,15,16,19)/b18-17+. The van der Waals surface area contributed by atoms with E-state index in [1.54, 1.807) is 6.33 Å². The number of aromatic amines is 1. The summed E-state index contributed by atoms with van der Waals surface area (Å²) in [6, 6.07) is 17.2. The predicted molar refractivity (Wildman–Crippen MR) is 72.4 cm³/mol. The largest absolute Gasteiger partial charge is 0.265 e. The van der Waals surface area contributed by atoms with Crippen LogP contribution in [0.1, 0.15) is 0 Å². The summed E-state index contributed by atoms with van der Waals surface area (Å²) in [5, 5.41) is 15.1. The predicted octanol–water partition coefficient (Wildman–Crippen LogP) is 3.89. The SMILES string of the molecule is c1ccc(/N=N/c2cccc(-c3nc[nH]n3)c2)cc1. The maximum atomic E-state index is 4.21. The monoisotopic (exact) mass is 249 g/mol. The van der Waals surface area contributed by atoms with Crippen LogP contribution in [-0.2, 0) is 0 Å². The number of aromatic nitrogens is 3. The van der Waals surface area contributed by atoms with E-state index in [2.05, 4.69) is 25.4 Å². The molecule has 0 radical (unpaired) electrons. The molecule has 0 saturated heterocycles. The Morgan fingerprint density at radius 2 is 1.63 bits per heavy atom. The molecule has 0 saturated carbocycles. The van der Waals surface area contributed by atoms with Gasteiger partial charge in [0.15, 0.2) is 5.82 Å². The van der Waals surface area contributed by atoms with Crippen molar-refractivity contribution < 1.29 is 0 Å². The van der Waals surface area contributed by atoms with E-state index in [0.29, 0.717) is 5.82 Å². The first-order valence-corrected chi connectivity index (χ1v) is 5.85. The summed E-state index contributed by atoms with van der Waals surface area (Å²) >= 11 is 0. The van der Waals surface area contributed by atoms with Crippen LogP contribution in [0.3, 0.4) is 0 Å². The van der Waals surface area contributed by atoms with E-state index in [0.717, 1.165) is 16.9 Å². The van der Waals surface area contributed by atoms with Gasteiger partial charge in [-0.3, -0.25) is 5.10 Å². The van der Waals surface area contributed by atoms with Crippen LogP contribution in [-0.4, -0.2) is 15.2 Å². The zero-order chi connectivity index (χ0) is 12.9. The van der Waals surface area contributed by atoms with E-state index in [-0.39, 0.29) is 0 Å². The van der Waals surface area contributed by atoms with E-state index < -0.39 is 0 Å². The average Bonchev–Trinajstić information content (AvgIpc) is 3.01. The number of azo groups is 1. The Labute approximate surface area is 110 Å². The molecule has 0 bridgehead atoms. The number of nitrogens with zero attached hydrogens (tertiary/aromatic N) is 4. The lowest BCUT2D eigenvalue weighted by atomic mass is 10.2.